The Balaban J connectivity index is 0.000000241. The fraction of sp³-hybridized carbons (Fsp3) is 0.143. The van der Waals surface area contributed by atoms with E-state index in [0.29, 0.717) is 0 Å². The number of fused-ring (bicyclic) bond motifs is 2. The normalized spacial score (nSPS) is 11.1. The van der Waals surface area contributed by atoms with Crippen molar-refractivity contribution in [2.45, 2.75) is 48.5 Å². The van der Waals surface area contributed by atoms with Gasteiger partial charge in [-0.05, 0) is 98.3 Å². The predicted octanol–water partition coefficient (Wildman–Crippen LogP) is 12.4. The molecular weight excluding hydrogens is 589 g/mol. The third kappa shape index (κ3) is 10.2. The van der Waals surface area contributed by atoms with Gasteiger partial charge in [0.05, 0.1) is 0 Å². The van der Waals surface area contributed by atoms with Crippen LogP contribution in [0.3, 0.4) is 0 Å². The van der Waals surface area contributed by atoms with Crippen LogP contribution in [0.5, 0.6) is 0 Å². The number of terminal acetylenes is 1. The summed E-state index contributed by atoms with van der Waals surface area (Å²) in [6, 6.07) is 42.0. The lowest BCUT2D eigenvalue weighted by Gasteiger charge is -2.06. The molecule has 0 aliphatic carbocycles. The fourth-order valence-electron chi connectivity index (χ4n) is 5.33. The molecule has 0 saturated carbocycles. The first-order valence-electron chi connectivity index (χ1n) is 17.2. The zero-order valence-corrected chi connectivity index (χ0v) is 30.3. The van der Waals surface area contributed by atoms with E-state index >= 15 is 0 Å². The van der Waals surface area contributed by atoms with Crippen LogP contribution in [0.2, 0.25) is 0 Å². The van der Waals surface area contributed by atoms with Gasteiger partial charge < -0.3 is 0 Å². The zero-order valence-electron chi connectivity index (χ0n) is 30.3. The molecule has 0 atom stereocenters. The van der Waals surface area contributed by atoms with Gasteiger partial charge in [-0.15, -0.1) is 6.42 Å². The van der Waals surface area contributed by atoms with Crippen molar-refractivity contribution >= 4 is 51.4 Å². The molecule has 0 amide bonds. The lowest BCUT2D eigenvalue weighted by molar-refractivity contribution is 1.46. The zero-order chi connectivity index (χ0) is 35.8. The molecule has 0 N–H and O–H groups in total. The molecule has 0 aromatic heterocycles. The van der Waals surface area contributed by atoms with Crippen molar-refractivity contribution in [1.82, 2.24) is 0 Å². The Hall–Kier alpha value is -5.64. The smallest absolute Gasteiger partial charge is 0.0243 e. The van der Waals surface area contributed by atoms with E-state index in [-0.39, 0.29) is 0 Å². The van der Waals surface area contributed by atoms with Gasteiger partial charge in [0.2, 0.25) is 0 Å². The SMILES string of the molecule is C#Cc1ccc(/C(C)=C/C=c2/ccc3ccccc3c2=C)cc1.C=C(/C=C\c1ccc2ccccc2c1C)c1ccc(C)cc1.CC.CC. The Morgan fingerprint density at radius 2 is 1.20 bits per heavy atom. The Morgan fingerprint density at radius 1 is 0.653 bits per heavy atom. The summed E-state index contributed by atoms with van der Waals surface area (Å²) in [5.74, 6) is 2.64. The van der Waals surface area contributed by atoms with Crippen molar-refractivity contribution in [2.75, 3.05) is 0 Å². The first-order chi connectivity index (χ1) is 23.8. The van der Waals surface area contributed by atoms with Crippen LogP contribution < -0.4 is 10.4 Å². The van der Waals surface area contributed by atoms with Crippen LogP contribution >= 0.6 is 0 Å². The molecule has 6 rings (SSSR count). The van der Waals surface area contributed by atoms with E-state index in [9.17, 15) is 0 Å². The molecule has 0 aliphatic heterocycles. The third-order valence-corrected chi connectivity index (χ3v) is 8.22. The molecule has 6 aromatic carbocycles. The van der Waals surface area contributed by atoms with Crippen LogP contribution in [0.25, 0.3) is 51.4 Å². The number of benzene rings is 6. The Morgan fingerprint density at radius 3 is 1.84 bits per heavy atom. The van der Waals surface area contributed by atoms with E-state index < -0.39 is 0 Å². The molecule has 0 heterocycles. The van der Waals surface area contributed by atoms with Crippen molar-refractivity contribution in [3.63, 3.8) is 0 Å². The minimum Gasteiger partial charge on any atom is -0.115 e. The first kappa shape index (κ1) is 37.8. The van der Waals surface area contributed by atoms with Gasteiger partial charge in [-0.3, -0.25) is 0 Å². The van der Waals surface area contributed by atoms with Gasteiger partial charge in [-0.1, -0.05) is 186 Å². The van der Waals surface area contributed by atoms with Crippen LogP contribution in [0, 0.1) is 26.2 Å². The third-order valence-electron chi connectivity index (χ3n) is 8.22. The largest absolute Gasteiger partial charge is 0.115 e. The summed E-state index contributed by atoms with van der Waals surface area (Å²) < 4.78 is 0. The quantitative estimate of drug-likeness (QED) is 0.130. The highest BCUT2D eigenvalue weighted by Gasteiger charge is 2.01. The second-order valence-corrected chi connectivity index (χ2v) is 11.3. The number of hydrogen-bond donors (Lipinski definition) is 0. The molecule has 0 radical (unpaired) electrons. The summed E-state index contributed by atoms with van der Waals surface area (Å²) in [7, 11) is 0. The average molecular weight is 639 g/mol. The van der Waals surface area contributed by atoms with Crippen LogP contribution in [-0.4, -0.2) is 0 Å². The van der Waals surface area contributed by atoms with Crippen LogP contribution in [-0.2, 0) is 0 Å². The number of allylic oxidation sites excluding steroid dienone is 4. The maximum Gasteiger partial charge on any atom is 0.0243 e. The maximum atomic E-state index is 5.40. The minimum absolute atomic E-state index is 0.903. The van der Waals surface area contributed by atoms with Crippen molar-refractivity contribution in [2.24, 2.45) is 0 Å². The highest BCUT2D eigenvalue weighted by molar-refractivity contribution is 5.89. The summed E-state index contributed by atoms with van der Waals surface area (Å²) >= 11 is 0. The van der Waals surface area contributed by atoms with Gasteiger partial charge in [0.25, 0.3) is 0 Å². The summed E-state index contributed by atoms with van der Waals surface area (Å²) in [6.07, 6.45) is 13.9. The minimum atomic E-state index is 0.903. The van der Waals surface area contributed by atoms with Crippen LogP contribution in [0.1, 0.15) is 68.0 Å². The molecule has 0 unspecified atom stereocenters. The molecule has 49 heavy (non-hydrogen) atoms. The van der Waals surface area contributed by atoms with E-state index in [1.807, 2.05) is 39.8 Å². The molecule has 6 aromatic rings. The van der Waals surface area contributed by atoms with E-state index in [4.69, 9.17) is 6.42 Å². The van der Waals surface area contributed by atoms with E-state index in [1.165, 1.54) is 54.9 Å². The summed E-state index contributed by atoms with van der Waals surface area (Å²) in [5, 5.41) is 7.23. The fourth-order valence-corrected chi connectivity index (χ4v) is 5.33. The Kier molecular flexibility index (Phi) is 14.9. The second kappa shape index (κ2) is 19.2. The van der Waals surface area contributed by atoms with Gasteiger partial charge in [0, 0.05) is 5.56 Å². The molecule has 0 heteroatoms. The Labute approximate surface area is 295 Å². The highest BCUT2D eigenvalue weighted by Crippen LogP contribution is 2.24. The molecule has 0 bridgehead atoms. The monoisotopic (exact) mass is 638 g/mol. The van der Waals surface area contributed by atoms with Crippen LogP contribution in [0.15, 0.2) is 140 Å². The first-order valence-corrected chi connectivity index (χ1v) is 17.2. The van der Waals surface area contributed by atoms with E-state index in [2.05, 4.69) is 173 Å². The number of hydrogen-bond acceptors (Lipinski definition) is 0. The maximum absolute atomic E-state index is 5.40. The summed E-state index contributed by atoms with van der Waals surface area (Å²) in [4.78, 5) is 0. The molecule has 0 aliphatic rings. The average Bonchev–Trinajstić information content (AvgIpc) is 3.16. The molecule has 0 saturated heterocycles. The van der Waals surface area contributed by atoms with Crippen molar-refractivity contribution in [1.29, 1.82) is 0 Å². The van der Waals surface area contributed by atoms with Gasteiger partial charge >= 0.3 is 0 Å². The van der Waals surface area contributed by atoms with Gasteiger partial charge in [-0.2, -0.15) is 0 Å². The summed E-state index contributed by atoms with van der Waals surface area (Å²) in [5.41, 5.74) is 9.30. The van der Waals surface area contributed by atoms with Crippen LogP contribution in [0.4, 0.5) is 0 Å². The predicted molar refractivity (Wildman–Crippen MR) is 222 cm³/mol. The Bertz CT molecular complexity index is 2200. The van der Waals surface area contributed by atoms with E-state index in [0.717, 1.165) is 21.6 Å². The van der Waals surface area contributed by atoms with Crippen molar-refractivity contribution in [3.05, 3.63) is 184 Å². The molecule has 0 fully saturated rings. The lowest BCUT2D eigenvalue weighted by atomic mass is 9.98. The van der Waals surface area contributed by atoms with Gasteiger partial charge in [0.1, 0.15) is 0 Å². The molecule has 0 spiro atoms. The molecule has 0 nitrogen and oxygen atoms in total. The molecular formula is C49H50. The second-order valence-electron chi connectivity index (χ2n) is 11.3. The van der Waals surface area contributed by atoms with Crippen molar-refractivity contribution < 1.29 is 0 Å². The van der Waals surface area contributed by atoms with Crippen molar-refractivity contribution in [3.8, 4) is 12.3 Å². The lowest BCUT2D eigenvalue weighted by Crippen LogP contribution is -2.23. The number of aryl methyl sites for hydroxylation is 2. The standard InChI is InChI=1S/C23H18.C22H20.2C2H6/c1-4-19-10-13-20(14-11-19)17(2)9-12-21-15-16-22-7-5-6-8-23(22)18(21)3;1-16-8-11-19(12-9-16)17(2)10-13-20-14-15-21-6-4-5-7-22(21)18(20)3;2*1-2/h1,5-16H,3H2,2H3;4-15H,2H2,1,3H3;2*1-2H3/b17-9+,21-12-;13-10-;;. The highest BCUT2D eigenvalue weighted by atomic mass is 14.1. The molecule has 246 valence electrons. The summed E-state index contributed by atoms with van der Waals surface area (Å²) in [6.45, 7) is 22.8. The van der Waals surface area contributed by atoms with Gasteiger partial charge in [-0.25, -0.2) is 0 Å². The topological polar surface area (TPSA) is 0 Å². The number of rotatable bonds is 5. The van der Waals surface area contributed by atoms with E-state index in [1.54, 1.807) is 0 Å². The van der Waals surface area contributed by atoms with Gasteiger partial charge in [0.15, 0.2) is 0 Å².